The molecule has 2 N–H and O–H groups in total. The largest absolute Gasteiger partial charge is 0.468 e. The molecule has 0 spiro atoms. The van der Waals surface area contributed by atoms with Gasteiger partial charge in [0.25, 0.3) is 0 Å². The molecule has 1 saturated heterocycles. The number of hydrogen-bond acceptors (Lipinski definition) is 4. The van der Waals surface area contributed by atoms with Crippen molar-refractivity contribution >= 4 is 5.91 Å². The monoisotopic (exact) mass is 251 g/mol. The van der Waals surface area contributed by atoms with Crippen molar-refractivity contribution in [3.05, 3.63) is 24.2 Å². The van der Waals surface area contributed by atoms with Crippen LogP contribution in [0.2, 0.25) is 0 Å². The lowest BCUT2D eigenvalue weighted by atomic mass is 10.1. The smallest absolute Gasteiger partial charge is 0.226 e. The van der Waals surface area contributed by atoms with Gasteiger partial charge in [-0.2, -0.15) is 0 Å². The van der Waals surface area contributed by atoms with Crippen LogP contribution in [0.5, 0.6) is 0 Å². The van der Waals surface area contributed by atoms with Gasteiger partial charge in [0.2, 0.25) is 5.91 Å². The van der Waals surface area contributed by atoms with E-state index in [0.29, 0.717) is 6.54 Å². The minimum Gasteiger partial charge on any atom is -0.468 e. The van der Waals surface area contributed by atoms with E-state index in [1.54, 1.807) is 6.26 Å². The highest BCUT2D eigenvalue weighted by atomic mass is 16.3. The molecule has 1 amide bonds. The number of piperazine rings is 1. The summed E-state index contributed by atoms with van der Waals surface area (Å²) in [6.45, 7) is 6.48. The lowest BCUT2D eigenvalue weighted by Crippen LogP contribution is -2.50. The quantitative estimate of drug-likeness (QED) is 0.847. The van der Waals surface area contributed by atoms with E-state index in [-0.39, 0.29) is 11.8 Å². The van der Waals surface area contributed by atoms with E-state index in [0.717, 1.165) is 38.5 Å². The van der Waals surface area contributed by atoms with Crippen LogP contribution in [-0.2, 0) is 11.3 Å². The molecule has 1 aliphatic heterocycles. The van der Waals surface area contributed by atoms with Gasteiger partial charge in [-0.1, -0.05) is 6.92 Å². The molecule has 0 saturated carbocycles. The third-order valence-electron chi connectivity index (χ3n) is 3.42. The normalized spacial score (nSPS) is 18.9. The zero-order chi connectivity index (χ0) is 13.0. The Morgan fingerprint density at radius 2 is 2.17 bits per heavy atom. The molecule has 2 rings (SSSR count). The number of carbonyl (C=O) groups excluding carboxylic acids is 1. The fourth-order valence-corrected chi connectivity index (χ4v) is 2.16. The van der Waals surface area contributed by atoms with Crippen molar-refractivity contribution in [3.8, 4) is 0 Å². The average Bonchev–Trinajstić information content (AvgIpc) is 2.91. The first-order chi connectivity index (χ1) is 8.70. The minimum atomic E-state index is -0.0679. The summed E-state index contributed by atoms with van der Waals surface area (Å²) in [5.74, 6) is 1.09. The van der Waals surface area contributed by atoms with Crippen LogP contribution in [0.25, 0.3) is 0 Å². The third kappa shape index (κ3) is 3.11. The van der Waals surface area contributed by atoms with Gasteiger partial charge in [0.05, 0.1) is 12.8 Å². The lowest BCUT2D eigenvalue weighted by Gasteiger charge is -2.35. The number of carbonyl (C=O) groups is 1. The van der Waals surface area contributed by atoms with Crippen LogP contribution >= 0.6 is 0 Å². The number of nitrogens with two attached hydrogens (primary N) is 1. The third-order valence-corrected chi connectivity index (χ3v) is 3.42. The molecular formula is C13H21N3O2. The molecule has 100 valence electrons. The Bertz CT molecular complexity index is 370. The number of amides is 1. The molecule has 1 atom stereocenters. The zero-order valence-corrected chi connectivity index (χ0v) is 10.8. The maximum atomic E-state index is 12.0. The Balaban J connectivity index is 1.79. The molecule has 0 aliphatic carbocycles. The Labute approximate surface area is 108 Å². The van der Waals surface area contributed by atoms with E-state index in [9.17, 15) is 4.79 Å². The van der Waals surface area contributed by atoms with Gasteiger partial charge >= 0.3 is 0 Å². The highest BCUT2D eigenvalue weighted by molar-refractivity contribution is 5.78. The van der Waals surface area contributed by atoms with Gasteiger partial charge in [0.1, 0.15) is 5.76 Å². The molecule has 1 fully saturated rings. The number of hydrogen-bond donors (Lipinski definition) is 1. The fourth-order valence-electron chi connectivity index (χ4n) is 2.16. The van der Waals surface area contributed by atoms with E-state index in [4.69, 9.17) is 10.2 Å². The van der Waals surface area contributed by atoms with E-state index in [2.05, 4.69) is 4.90 Å². The summed E-state index contributed by atoms with van der Waals surface area (Å²) in [5.41, 5.74) is 5.53. The van der Waals surface area contributed by atoms with Gasteiger partial charge in [0.15, 0.2) is 0 Å². The summed E-state index contributed by atoms with van der Waals surface area (Å²) in [4.78, 5) is 16.2. The van der Waals surface area contributed by atoms with Gasteiger partial charge in [-0.25, -0.2) is 0 Å². The van der Waals surface area contributed by atoms with Crippen molar-refractivity contribution in [2.24, 2.45) is 11.7 Å². The second kappa shape index (κ2) is 6.02. The molecule has 5 heteroatoms. The Kier molecular flexibility index (Phi) is 4.38. The number of rotatable bonds is 4. The number of furan rings is 1. The van der Waals surface area contributed by atoms with Gasteiger partial charge in [-0.05, 0) is 12.1 Å². The first-order valence-corrected chi connectivity index (χ1v) is 6.44. The Hall–Kier alpha value is -1.33. The van der Waals surface area contributed by atoms with Gasteiger partial charge in [0, 0.05) is 38.6 Å². The van der Waals surface area contributed by atoms with Crippen LogP contribution in [0.1, 0.15) is 12.7 Å². The predicted molar refractivity (Wildman–Crippen MR) is 68.8 cm³/mol. The van der Waals surface area contributed by atoms with Crippen molar-refractivity contribution in [1.29, 1.82) is 0 Å². The average molecular weight is 251 g/mol. The second-order valence-electron chi connectivity index (χ2n) is 4.82. The van der Waals surface area contributed by atoms with Crippen molar-refractivity contribution in [3.63, 3.8) is 0 Å². The maximum absolute atomic E-state index is 12.0. The molecular weight excluding hydrogens is 230 g/mol. The first kappa shape index (κ1) is 13.1. The topological polar surface area (TPSA) is 62.7 Å². The van der Waals surface area contributed by atoms with Crippen LogP contribution in [0, 0.1) is 5.92 Å². The molecule has 18 heavy (non-hydrogen) atoms. The fraction of sp³-hybridized carbons (Fsp3) is 0.615. The highest BCUT2D eigenvalue weighted by Gasteiger charge is 2.24. The van der Waals surface area contributed by atoms with E-state index in [1.807, 2.05) is 24.0 Å². The Morgan fingerprint density at radius 3 is 2.72 bits per heavy atom. The Morgan fingerprint density at radius 1 is 1.44 bits per heavy atom. The highest BCUT2D eigenvalue weighted by Crippen LogP contribution is 2.10. The molecule has 0 bridgehead atoms. The van der Waals surface area contributed by atoms with Crippen molar-refractivity contribution in [2.75, 3.05) is 32.7 Å². The molecule has 1 aromatic rings. The van der Waals surface area contributed by atoms with E-state index < -0.39 is 0 Å². The predicted octanol–water partition coefficient (Wildman–Crippen LogP) is 0.519. The van der Waals surface area contributed by atoms with Gasteiger partial charge in [-0.3, -0.25) is 9.69 Å². The van der Waals surface area contributed by atoms with E-state index in [1.165, 1.54) is 0 Å². The summed E-state index contributed by atoms with van der Waals surface area (Å²) in [7, 11) is 0. The summed E-state index contributed by atoms with van der Waals surface area (Å²) in [6.07, 6.45) is 1.69. The van der Waals surface area contributed by atoms with Crippen molar-refractivity contribution < 1.29 is 9.21 Å². The summed E-state index contributed by atoms with van der Waals surface area (Å²) in [5, 5.41) is 0. The first-order valence-electron chi connectivity index (χ1n) is 6.44. The minimum absolute atomic E-state index is 0.0679. The summed E-state index contributed by atoms with van der Waals surface area (Å²) >= 11 is 0. The molecule has 0 radical (unpaired) electrons. The van der Waals surface area contributed by atoms with Crippen LogP contribution < -0.4 is 5.73 Å². The van der Waals surface area contributed by atoms with Crippen LogP contribution in [-0.4, -0.2) is 48.4 Å². The molecule has 1 unspecified atom stereocenters. The van der Waals surface area contributed by atoms with Crippen LogP contribution in [0.4, 0.5) is 0 Å². The summed E-state index contributed by atoms with van der Waals surface area (Å²) < 4.78 is 5.33. The lowest BCUT2D eigenvalue weighted by molar-refractivity contribution is -0.136. The second-order valence-corrected chi connectivity index (χ2v) is 4.82. The zero-order valence-electron chi connectivity index (χ0n) is 10.8. The van der Waals surface area contributed by atoms with Crippen molar-refractivity contribution in [2.45, 2.75) is 13.5 Å². The molecule has 2 heterocycles. The van der Waals surface area contributed by atoms with Crippen LogP contribution in [0.15, 0.2) is 22.8 Å². The van der Waals surface area contributed by atoms with Crippen molar-refractivity contribution in [1.82, 2.24) is 9.80 Å². The SMILES string of the molecule is CC(CN)C(=O)N1CCN(Cc2ccco2)CC1. The summed E-state index contributed by atoms with van der Waals surface area (Å²) in [6, 6.07) is 3.88. The van der Waals surface area contributed by atoms with Crippen LogP contribution in [0.3, 0.4) is 0 Å². The number of nitrogens with zero attached hydrogens (tertiary/aromatic N) is 2. The van der Waals surface area contributed by atoms with E-state index >= 15 is 0 Å². The van der Waals surface area contributed by atoms with Gasteiger partial charge in [-0.15, -0.1) is 0 Å². The maximum Gasteiger partial charge on any atom is 0.226 e. The molecule has 0 aromatic carbocycles. The standard InChI is InChI=1S/C13H21N3O2/c1-11(9-14)13(17)16-6-4-15(5-7-16)10-12-3-2-8-18-12/h2-3,8,11H,4-7,9-10,14H2,1H3. The molecule has 5 nitrogen and oxygen atoms in total. The molecule has 1 aliphatic rings. The molecule has 1 aromatic heterocycles. The van der Waals surface area contributed by atoms with Gasteiger partial charge < -0.3 is 15.1 Å².